The second kappa shape index (κ2) is 3.96. The summed E-state index contributed by atoms with van der Waals surface area (Å²) in [6, 6.07) is 8.62. The molecule has 0 aliphatic heterocycles. The number of oxazole rings is 1. The molecule has 5 heteroatoms. The Bertz CT molecular complexity index is 742. The summed E-state index contributed by atoms with van der Waals surface area (Å²) < 4.78 is 5.59. The van der Waals surface area contributed by atoms with Crippen molar-refractivity contribution in [1.29, 1.82) is 0 Å². The molecule has 3 aromatic rings. The van der Waals surface area contributed by atoms with Crippen molar-refractivity contribution in [2.24, 2.45) is 0 Å². The van der Waals surface area contributed by atoms with Crippen LogP contribution in [0.15, 0.2) is 34.7 Å². The number of carboxylic acids is 1. The zero-order valence-corrected chi connectivity index (χ0v) is 10.3. The van der Waals surface area contributed by atoms with Crippen molar-refractivity contribution in [3.8, 4) is 10.8 Å². The third kappa shape index (κ3) is 1.78. The molecule has 0 radical (unpaired) electrons. The maximum absolute atomic E-state index is 10.9. The summed E-state index contributed by atoms with van der Waals surface area (Å²) >= 11 is 1.59. The fourth-order valence-electron chi connectivity index (χ4n) is 1.71. The number of thiophene rings is 1. The van der Waals surface area contributed by atoms with Gasteiger partial charge in [0.05, 0.1) is 10.4 Å². The van der Waals surface area contributed by atoms with Gasteiger partial charge in [-0.2, -0.15) is 0 Å². The van der Waals surface area contributed by atoms with Crippen LogP contribution >= 0.6 is 11.3 Å². The molecule has 0 bridgehead atoms. The molecular formula is C13H9NO3S. The molecule has 0 atom stereocenters. The van der Waals surface area contributed by atoms with Crippen LogP contribution in [-0.2, 0) is 0 Å². The van der Waals surface area contributed by atoms with Crippen LogP contribution < -0.4 is 0 Å². The molecule has 1 N–H and O–H groups in total. The molecule has 0 spiro atoms. The molecular weight excluding hydrogens is 250 g/mol. The maximum atomic E-state index is 10.9. The number of rotatable bonds is 2. The predicted octanol–water partition coefficient (Wildman–Crippen LogP) is 3.56. The summed E-state index contributed by atoms with van der Waals surface area (Å²) in [6.07, 6.45) is 0. The molecule has 3 rings (SSSR count). The van der Waals surface area contributed by atoms with Gasteiger partial charge in [-0.05, 0) is 37.3 Å². The molecule has 2 heterocycles. The van der Waals surface area contributed by atoms with Crippen molar-refractivity contribution in [2.45, 2.75) is 6.92 Å². The molecule has 0 saturated heterocycles. The van der Waals surface area contributed by atoms with Gasteiger partial charge in [0.25, 0.3) is 0 Å². The van der Waals surface area contributed by atoms with Crippen molar-refractivity contribution in [1.82, 2.24) is 4.98 Å². The largest absolute Gasteiger partial charge is 0.478 e. The molecule has 4 nitrogen and oxygen atoms in total. The van der Waals surface area contributed by atoms with Gasteiger partial charge < -0.3 is 9.52 Å². The van der Waals surface area contributed by atoms with E-state index in [1.165, 1.54) is 17.0 Å². The standard InChI is InChI=1S/C13H9NO3S/c1-7-2-5-11(18-7)12-14-9-4-3-8(13(15)16)6-10(9)17-12/h2-6H,1H3,(H,15,16). The highest BCUT2D eigenvalue weighted by Gasteiger charge is 2.12. The van der Waals surface area contributed by atoms with Crippen molar-refractivity contribution in [3.63, 3.8) is 0 Å². The van der Waals surface area contributed by atoms with E-state index < -0.39 is 5.97 Å². The van der Waals surface area contributed by atoms with E-state index in [0.717, 1.165) is 4.88 Å². The highest BCUT2D eigenvalue weighted by atomic mass is 32.1. The number of aryl methyl sites for hydroxylation is 1. The lowest BCUT2D eigenvalue weighted by molar-refractivity contribution is 0.0697. The Balaban J connectivity index is 2.13. The van der Waals surface area contributed by atoms with Crippen LogP contribution in [0.1, 0.15) is 15.2 Å². The normalized spacial score (nSPS) is 10.9. The minimum Gasteiger partial charge on any atom is -0.478 e. The van der Waals surface area contributed by atoms with Crippen molar-refractivity contribution in [2.75, 3.05) is 0 Å². The third-order valence-corrected chi connectivity index (χ3v) is 3.58. The number of carbonyl (C=O) groups is 1. The van der Waals surface area contributed by atoms with Gasteiger partial charge in [-0.3, -0.25) is 0 Å². The Morgan fingerprint density at radius 2 is 2.17 bits per heavy atom. The quantitative estimate of drug-likeness (QED) is 0.764. The average Bonchev–Trinajstić information content (AvgIpc) is 2.93. The first-order valence-corrected chi connectivity index (χ1v) is 6.16. The van der Waals surface area contributed by atoms with Crippen molar-refractivity contribution in [3.05, 3.63) is 40.8 Å². The van der Waals surface area contributed by atoms with Crippen molar-refractivity contribution >= 4 is 28.4 Å². The van der Waals surface area contributed by atoms with Gasteiger partial charge in [0.15, 0.2) is 5.58 Å². The summed E-state index contributed by atoms with van der Waals surface area (Å²) in [5.74, 6) is -0.438. The second-order valence-electron chi connectivity index (χ2n) is 3.92. The Kier molecular flexibility index (Phi) is 2.41. The number of hydrogen-bond donors (Lipinski definition) is 1. The average molecular weight is 259 g/mol. The minimum absolute atomic E-state index is 0.201. The summed E-state index contributed by atoms with van der Waals surface area (Å²) in [5, 5.41) is 8.91. The van der Waals surface area contributed by atoms with Gasteiger partial charge in [0.2, 0.25) is 5.89 Å². The Hall–Kier alpha value is -2.14. The van der Waals surface area contributed by atoms with Gasteiger partial charge in [0, 0.05) is 4.88 Å². The highest BCUT2D eigenvalue weighted by Crippen LogP contribution is 2.30. The number of hydrogen-bond acceptors (Lipinski definition) is 4. The number of aromatic nitrogens is 1. The lowest BCUT2D eigenvalue weighted by Gasteiger charge is -1.91. The van der Waals surface area contributed by atoms with Crippen LogP contribution in [0.3, 0.4) is 0 Å². The van der Waals surface area contributed by atoms with Crippen LogP contribution in [-0.4, -0.2) is 16.1 Å². The maximum Gasteiger partial charge on any atom is 0.335 e. The summed E-state index contributed by atoms with van der Waals surface area (Å²) in [7, 11) is 0. The molecule has 0 amide bonds. The zero-order chi connectivity index (χ0) is 12.7. The zero-order valence-electron chi connectivity index (χ0n) is 9.51. The SMILES string of the molecule is Cc1ccc(-c2nc3ccc(C(=O)O)cc3o2)s1. The smallest absolute Gasteiger partial charge is 0.335 e. The van der Waals surface area contributed by atoms with E-state index in [2.05, 4.69) is 4.98 Å². The first kappa shape index (κ1) is 11.0. The first-order valence-electron chi connectivity index (χ1n) is 5.34. The monoisotopic (exact) mass is 259 g/mol. The Morgan fingerprint density at radius 1 is 1.33 bits per heavy atom. The molecule has 0 unspecified atom stereocenters. The van der Waals surface area contributed by atoms with Crippen LogP contribution in [0.2, 0.25) is 0 Å². The molecule has 2 aromatic heterocycles. The van der Waals surface area contributed by atoms with Crippen LogP contribution in [0, 0.1) is 6.92 Å². The van der Waals surface area contributed by atoms with Gasteiger partial charge >= 0.3 is 5.97 Å². The molecule has 1 aromatic carbocycles. The number of aromatic carboxylic acids is 1. The first-order chi connectivity index (χ1) is 8.63. The van der Waals surface area contributed by atoms with E-state index in [1.54, 1.807) is 17.4 Å². The highest BCUT2D eigenvalue weighted by molar-refractivity contribution is 7.15. The molecule has 0 aliphatic rings. The fourth-order valence-corrected chi connectivity index (χ4v) is 2.51. The lowest BCUT2D eigenvalue weighted by Crippen LogP contribution is -1.94. The van der Waals surface area contributed by atoms with Crippen LogP contribution in [0.4, 0.5) is 0 Å². The molecule has 0 saturated carbocycles. The Labute approximate surface area is 107 Å². The van der Waals surface area contributed by atoms with Crippen LogP contribution in [0.25, 0.3) is 21.9 Å². The topological polar surface area (TPSA) is 63.3 Å². The predicted molar refractivity (Wildman–Crippen MR) is 69.0 cm³/mol. The third-order valence-electron chi connectivity index (χ3n) is 2.59. The van der Waals surface area contributed by atoms with E-state index in [9.17, 15) is 4.79 Å². The summed E-state index contributed by atoms with van der Waals surface area (Å²) in [4.78, 5) is 17.3. The molecule has 0 aliphatic carbocycles. The van der Waals surface area contributed by atoms with Gasteiger partial charge in [-0.1, -0.05) is 0 Å². The van der Waals surface area contributed by atoms with E-state index >= 15 is 0 Å². The fraction of sp³-hybridized carbons (Fsp3) is 0.0769. The lowest BCUT2D eigenvalue weighted by atomic mass is 10.2. The summed E-state index contributed by atoms with van der Waals surface area (Å²) in [6.45, 7) is 2.01. The molecule has 18 heavy (non-hydrogen) atoms. The van der Waals surface area contributed by atoms with Crippen molar-refractivity contribution < 1.29 is 14.3 Å². The van der Waals surface area contributed by atoms with E-state index in [1.807, 2.05) is 19.1 Å². The van der Waals surface area contributed by atoms with Gasteiger partial charge in [0.1, 0.15) is 5.52 Å². The second-order valence-corrected chi connectivity index (χ2v) is 5.20. The molecule has 0 fully saturated rings. The van der Waals surface area contributed by atoms with Crippen LogP contribution in [0.5, 0.6) is 0 Å². The number of carboxylic acid groups (broad SMARTS) is 1. The number of benzene rings is 1. The van der Waals surface area contributed by atoms with E-state index in [0.29, 0.717) is 17.0 Å². The number of nitrogens with zero attached hydrogens (tertiary/aromatic N) is 1. The molecule has 90 valence electrons. The number of fused-ring (bicyclic) bond motifs is 1. The van der Waals surface area contributed by atoms with E-state index in [-0.39, 0.29) is 5.56 Å². The minimum atomic E-state index is -0.971. The van der Waals surface area contributed by atoms with Gasteiger partial charge in [-0.15, -0.1) is 11.3 Å². The Morgan fingerprint density at radius 3 is 2.83 bits per heavy atom. The van der Waals surface area contributed by atoms with E-state index in [4.69, 9.17) is 9.52 Å². The summed E-state index contributed by atoms with van der Waals surface area (Å²) in [5.41, 5.74) is 1.37. The van der Waals surface area contributed by atoms with Gasteiger partial charge in [-0.25, -0.2) is 9.78 Å².